The predicted molar refractivity (Wildman–Crippen MR) is 76.0 cm³/mol. The zero-order chi connectivity index (χ0) is 13.8. The Bertz CT molecular complexity index is 686. The minimum Gasteiger partial charge on any atom is -0.325 e. The monoisotopic (exact) mass is 253 g/mol. The molecule has 0 saturated heterocycles. The molecule has 1 unspecified atom stereocenters. The van der Waals surface area contributed by atoms with E-state index < -0.39 is 0 Å². The molecule has 1 saturated carbocycles. The van der Waals surface area contributed by atoms with E-state index in [1.54, 1.807) is 0 Å². The molecule has 1 aliphatic carbocycles. The highest BCUT2D eigenvalue weighted by Crippen LogP contribution is 2.58. The summed E-state index contributed by atoms with van der Waals surface area (Å²) in [5, 5.41) is 9.00. The minimum absolute atomic E-state index is 0.367. The molecule has 3 nitrogen and oxygen atoms in total. The van der Waals surface area contributed by atoms with E-state index in [1.807, 2.05) is 18.2 Å². The average Bonchev–Trinajstić information content (AvgIpc) is 2.84. The van der Waals surface area contributed by atoms with Crippen molar-refractivity contribution in [1.82, 2.24) is 9.55 Å². The average molecular weight is 253 g/mol. The summed E-state index contributed by atoms with van der Waals surface area (Å²) in [4.78, 5) is 4.81. The molecule has 19 heavy (non-hydrogen) atoms. The van der Waals surface area contributed by atoms with E-state index in [0.29, 0.717) is 22.9 Å². The predicted octanol–water partition coefficient (Wildman–Crippen LogP) is 4.00. The van der Waals surface area contributed by atoms with Crippen molar-refractivity contribution in [3.63, 3.8) is 0 Å². The van der Waals surface area contributed by atoms with E-state index in [4.69, 9.17) is 10.2 Å². The van der Waals surface area contributed by atoms with Crippen LogP contribution in [0.2, 0.25) is 0 Å². The maximum absolute atomic E-state index is 9.00. The summed E-state index contributed by atoms with van der Waals surface area (Å²) >= 11 is 0. The summed E-state index contributed by atoms with van der Waals surface area (Å²) < 4.78 is 2.33. The Morgan fingerprint density at radius 1 is 1.42 bits per heavy atom. The second-order valence-electron chi connectivity index (χ2n) is 6.49. The van der Waals surface area contributed by atoms with Crippen molar-refractivity contribution in [2.45, 2.75) is 46.1 Å². The fraction of sp³-hybridized carbons (Fsp3) is 0.500. The molecule has 98 valence electrons. The Kier molecular flexibility index (Phi) is 2.47. The van der Waals surface area contributed by atoms with E-state index in [0.717, 1.165) is 11.0 Å². The summed E-state index contributed by atoms with van der Waals surface area (Å²) in [6.45, 7) is 8.97. The second kappa shape index (κ2) is 3.84. The molecule has 0 radical (unpaired) electrons. The van der Waals surface area contributed by atoms with Crippen LogP contribution in [0.15, 0.2) is 18.2 Å². The molecule has 1 fully saturated rings. The second-order valence-corrected chi connectivity index (χ2v) is 6.49. The van der Waals surface area contributed by atoms with E-state index in [2.05, 4.69) is 38.3 Å². The highest BCUT2D eigenvalue weighted by molar-refractivity contribution is 5.78. The number of rotatable bonds is 2. The molecular formula is C16H19N3. The molecule has 0 amide bonds. The molecule has 3 heteroatoms. The van der Waals surface area contributed by atoms with Gasteiger partial charge in [0.15, 0.2) is 0 Å². The minimum atomic E-state index is 0.367. The van der Waals surface area contributed by atoms with Crippen LogP contribution in [0.1, 0.15) is 57.5 Å². The van der Waals surface area contributed by atoms with Gasteiger partial charge in [0, 0.05) is 12.0 Å². The summed E-state index contributed by atoms with van der Waals surface area (Å²) in [5.74, 6) is 1.73. The fourth-order valence-corrected chi connectivity index (χ4v) is 2.88. The van der Waals surface area contributed by atoms with Crippen molar-refractivity contribution < 1.29 is 0 Å². The van der Waals surface area contributed by atoms with E-state index in [9.17, 15) is 0 Å². The molecule has 0 N–H and O–H groups in total. The highest BCUT2D eigenvalue weighted by atomic mass is 15.1. The third-order valence-electron chi connectivity index (χ3n) is 4.19. The number of benzene rings is 1. The number of nitrogens with zero attached hydrogens (tertiary/aromatic N) is 3. The molecular weight excluding hydrogens is 234 g/mol. The van der Waals surface area contributed by atoms with Crippen LogP contribution in [0, 0.1) is 16.7 Å². The molecule has 2 aromatic rings. The molecule has 1 atom stereocenters. The topological polar surface area (TPSA) is 41.6 Å². The van der Waals surface area contributed by atoms with Gasteiger partial charge in [-0.25, -0.2) is 4.98 Å². The lowest BCUT2D eigenvalue weighted by atomic mass is 10.1. The van der Waals surface area contributed by atoms with Gasteiger partial charge in [-0.05, 0) is 43.9 Å². The molecule has 1 aliphatic rings. The van der Waals surface area contributed by atoms with Crippen LogP contribution in [0.5, 0.6) is 0 Å². The smallest absolute Gasteiger partial charge is 0.113 e. The van der Waals surface area contributed by atoms with Crippen molar-refractivity contribution in [3.8, 4) is 6.07 Å². The number of fused-ring (bicyclic) bond motifs is 1. The van der Waals surface area contributed by atoms with E-state index in [1.165, 1.54) is 12.2 Å². The van der Waals surface area contributed by atoms with E-state index >= 15 is 0 Å². The Hall–Kier alpha value is -1.82. The van der Waals surface area contributed by atoms with Crippen molar-refractivity contribution in [2.24, 2.45) is 5.41 Å². The maximum atomic E-state index is 9.00. The van der Waals surface area contributed by atoms with Gasteiger partial charge in [0.25, 0.3) is 0 Å². The van der Waals surface area contributed by atoms with Crippen molar-refractivity contribution in [3.05, 3.63) is 29.6 Å². The van der Waals surface area contributed by atoms with Crippen LogP contribution in [0.25, 0.3) is 11.0 Å². The lowest BCUT2D eigenvalue weighted by Crippen LogP contribution is -2.07. The van der Waals surface area contributed by atoms with Crippen molar-refractivity contribution >= 4 is 11.0 Å². The quantitative estimate of drug-likeness (QED) is 0.811. The zero-order valence-corrected chi connectivity index (χ0v) is 11.9. The van der Waals surface area contributed by atoms with Gasteiger partial charge in [-0.1, -0.05) is 13.8 Å². The first kappa shape index (κ1) is 12.2. The summed E-state index contributed by atoms with van der Waals surface area (Å²) in [6, 6.07) is 8.38. The normalized spacial score (nSPS) is 20.7. The lowest BCUT2D eigenvalue weighted by Gasteiger charge is -2.13. The van der Waals surface area contributed by atoms with Gasteiger partial charge in [-0.3, -0.25) is 0 Å². The van der Waals surface area contributed by atoms with Crippen molar-refractivity contribution in [1.29, 1.82) is 5.26 Å². The number of imidazole rings is 1. The number of hydrogen-bond acceptors (Lipinski definition) is 2. The van der Waals surface area contributed by atoms with Crippen LogP contribution in [-0.4, -0.2) is 9.55 Å². The van der Waals surface area contributed by atoms with Gasteiger partial charge >= 0.3 is 0 Å². The molecule has 1 aromatic heterocycles. The van der Waals surface area contributed by atoms with Crippen LogP contribution >= 0.6 is 0 Å². The zero-order valence-electron chi connectivity index (χ0n) is 11.9. The van der Waals surface area contributed by atoms with Gasteiger partial charge in [0.2, 0.25) is 0 Å². The number of nitriles is 1. The number of hydrogen-bond donors (Lipinski definition) is 0. The van der Waals surface area contributed by atoms with Gasteiger partial charge in [-0.15, -0.1) is 0 Å². The Labute approximate surface area is 113 Å². The molecule has 1 heterocycles. The standard InChI is InChI=1S/C16H19N3/c1-10(2)19-14-6-5-11(9-17)7-13(14)18-15(19)12-8-16(12,3)4/h5-7,10,12H,8H2,1-4H3. The fourth-order valence-electron chi connectivity index (χ4n) is 2.88. The van der Waals surface area contributed by atoms with Crippen LogP contribution in [0.3, 0.4) is 0 Å². The molecule has 0 spiro atoms. The third kappa shape index (κ3) is 1.83. The van der Waals surface area contributed by atoms with Crippen LogP contribution < -0.4 is 0 Å². The third-order valence-corrected chi connectivity index (χ3v) is 4.19. The first-order valence-corrected chi connectivity index (χ1v) is 6.86. The van der Waals surface area contributed by atoms with Crippen LogP contribution in [-0.2, 0) is 0 Å². The largest absolute Gasteiger partial charge is 0.325 e. The highest BCUT2D eigenvalue weighted by Gasteiger charge is 2.49. The first-order chi connectivity index (χ1) is 8.94. The van der Waals surface area contributed by atoms with Gasteiger partial charge in [0.1, 0.15) is 5.82 Å². The van der Waals surface area contributed by atoms with Gasteiger partial charge < -0.3 is 4.57 Å². The Balaban J connectivity index is 2.22. The molecule has 3 rings (SSSR count). The van der Waals surface area contributed by atoms with Gasteiger partial charge in [0.05, 0.1) is 22.7 Å². The molecule has 1 aromatic carbocycles. The lowest BCUT2D eigenvalue weighted by molar-refractivity contribution is 0.547. The maximum Gasteiger partial charge on any atom is 0.113 e. The van der Waals surface area contributed by atoms with Gasteiger partial charge in [-0.2, -0.15) is 5.26 Å². The summed E-state index contributed by atoms with van der Waals surface area (Å²) in [7, 11) is 0. The molecule has 0 bridgehead atoms. The summed E-state index contributed by atoms with van der Waals surface area (Å²) in [6.07, 6.45) is 1.20. The first-order valence-electron chi connectivity index (χ1n) is 6.86. The Morgan fingerprint density at radius 2 is 2.11 bits per heavy atom. The Morgan fingerprint density at radius 3 is 2.63 bits per heavy atom. The van der Waals surface area contributed by atoms with E-state index in [-0.39, 0.29) is 0 Å². The SMILES string of the molecule is CC(C)n1c(C2CC2(C)C)nc2cc(C#N)ccc21. The number of aromatic nitrogens is 2. The molecule has 0 aliphatic heterocycles. The van der Waals surface area contributed by atoms with Crippen molar-refractivity contribution in [2.75, 3.05) is 0 Å². The summed E-state index contributed by atoms with van der Waals surface area (Å²) in [5.41, 5.74) is 3.14. The van der Waals surface area contributed by atoms with Crippen LogP contribution in [0.4, 0.5) is 0 Å².